The third kappa shape index (κ3) is 3.12. The highest BCUT2D eigenvalue weighted by Gasteiger charge is 2.15. The molecule has 0 unspecified atom stereocenters. The molecule has 0 saturated heterocycles. The Labute approximate surface area is 96.1 Å². The topological polar surface area (TPSA) is 64.5 Å². The zero-order valence-electron chi connectivity index (χ0n) is 9.91. The monoisotopic (exact) mass is 216 g/mol. The summed E-state index contributed by atoms with van der Waals surface area (Å²) in [7, 11) is 1.85. The molecule has 84 valence electrons. The van der Waals surface area contributed by atoms with Crippen LogP contribution in [-0.2, 0) is 13.6 Å². The van der Waals surface area contributed by atoms with Crippen molar-refractivity contribution in [3.63, 3.8) is 0 Å². The normalized spacial score (nSPS) is 10.8. The smallest absolute Gasteiger partial charge is 0.120 e. The molecule has 0 aliphatic rings. The molecule has 0 radical (unpaired) electrons. The maximum atomic E-state index is 8.84. The van der Waals surface area contributed by atoms with Crippen LogP contribution in [0.5, 0.6) is 0 Å². The van der Waals surface area contributed by atoms with E-state index in [0.29, 0.717) is 18.8 Å². The van der Waals surface area contributed by atoms with Crippen molar-refractivity contribution in [1.29, 1.82) is 10.5 Å². The summed E-state index contributed by atoms with van der Waals surface area (Å²) in [4.78, 5) is 0. The Hall–Kier alpha value is -1.78. The van der Waals surface area contributed by atoms with Crippen LogP contribution in [0.2, 0.25) is 0 Å². The van der Waals surface area contributed by atoms with Gasteiger partial charge >= 0.3 is 0 Å². The summed E-state index contributed by atoms with van der Waals surface area (Å²) in [6.07, 6.45) is 1.92. The molecule has 0 atom stereocenters. The highest BCUT2D eigenvalue weighted by Crippen LogP contribution is 2.11. The van der Waals surface area contributed by atoms with Crippen molar-refractivity contribution < 1.29 is 0 Å². The molecule has 0 bridgehead atoms. The van der Waals surface area contributed by atoms with Crippen LogP contribution in [0.3, 0.4) is 0 Å². The molecule has 1 aromatic rings. The molecule has 4 heteroatoms. The molecule has 0 fully saturated rings. The maximum absolute atomic E-state index is 8.84. The highest BCUT2D eigenvalue weighted by atomic mass is 14.9. The number of nitrogens with one attached hydrogen (secondary N) is 1. The van der Waals surface area contributed by atoms with Crippen LogP contribution in [0.4, 0.5) is 0 Å². The van der Waals surface area contributed by atoms with Gasteiger partial charge in [-0.25, -0.2) is 0 Å². The lowest BCUT2D eigenvalue weighted by Gasteiger charge is -2.15. The van der Waals surface area contributed by atoms with E-state index in [4.69, 9.17) is 10.5 Å². The molecular weight excluding hydrogens is 200 g/mol. The van der Waals surface area contributed by atoms with Gasteiger partial charge in [0.15, 0.2) is 0 Å². The van der Waals surface area contributed by atoms with Gasteiger partial charge in [0.05, 0.1) is 11.5 Å². The summed E-state index contributed by atoms with van der Waals surface area (Å²) in [5, 5.41) is 20.8. The number of hydrogen-bond acceptors (Lipinski definition) is 3. The predicted octanol–water partition coefficient (Wildman–Crippen LogP) is 1.54. The van der Waals surface area contributed by atoms with Crippen molar-refractivity contribution in [1.82, 2.24) is 9.88 Å². The molecule has 1 aromatic heterocycles. The van der Waals surface area contributed by atoms with E-state index < -0.39 is 0 Å². The van der Waals surface area contributed by atoms with Gasteiger partial charge in [0.1, 0.15) is 11.8 Å². The number of aromatic nitrogens is 1. The molecule has 0 amide bonds. The average Bonchev–Trinajstić information content (AvgIpc) is 2.59. The molecule has 1 heterocycles. The number of nitrogens with zero attached hydrogens (tertiary/aromatic N) is 3. The second-order valence-corrected chi connectivity index (χ2v) is 4.56. The van der Waals surface area contributed by atoms with Gasteiger partial charge in [-0.15, -0.1) is 0 Å². The SMILES string of the molecule is Cn1cc(CNCC(C)(C)C#N)cc1C#N. The minimum absolute atomic E-state index is 0.354. The van der Waals surface area contributed by atoms with Gasteiger partial charge in [-0.1, -0.05) is 0 Å². The highest BCUT2D eigenvalue weighted by molar-refractivity contribution is 5.28. The van der Waals surface area contributed by atoms with Gasteiger partial charge in [0.25, 0.3) is 0 Å². The summed E-state index contributed by atoms with van der Waals surface area (Å²) >= 11 is 0. The van der Waals surface area contributed by atoms with Crippen LogP contribution in [-0.4, -0.2) is 11.1 Å². The maximum Gasteiger partial charge on any atom is 0.120 e. The van der Waals surface area contributed by atoms with Crippen LogP contribution in [0, 0.1) is 28.1 Å². The molecule has 1 rings (SSSR count). The number of nitriles is 2. The van der Waals surface area contributed by atoms with Gasteiger partial charge < -0.3 is 9.88 Å². The van der Waals surface area contributed by atoms with Gasteiger partial charge in [-0.05, 0) is 25.5 Å². The lowest BCUT2D eigenvalue weighted by atomic mass is 9.96. The summed E-state index contributed by atoms with van der Waals surface area (Å²) in [6, 6.07) is 6.21. The third-order valence-corrected chi connectivity index (χ3v) is 2.37. The first-order valence-electron chi connectivity index (χ1n) is 5.16. The number of rotatable bonds is 4. The Morgan fingerprint density at radius 2 is 2.12 bits per heavy atom. The van der Waals surface area contributed by atoms with E-state index in [9.17, 15) is 0 Å². The third-order valence-electron chi connectivity index (χ3n) is 2.37. The largest absolute Gasteiger partial charge is 0.342 e. The quantitative estimate of drug-likeness (QED) is 0.830. The molecule has 0 aromatic carbocycles. The lowest BCUT2D eigenvalue weighted by Crippen LogP contribution is -2.27. The minimum atomic E-state index is -0.354. The molecule has 4 nitrogen and oxygen atoms in total. The Morgan fingerprint density at radius 1 is 1.44 bits per heavy atom. The molecule has 16 heavy (non-hydrogen) atoms. The van der Waals surface area contributed by atoms with E-state index in [1.54, 1.807) is 4.57 Å². The van der Waals surface area contributed by atoms with E-state index in [0.717, 1.165) is 5.56 Å². The van der Waals surface area contributed by atoms with Gasteiger partial charge in [-0.3, -0.25) is 0 Å². The van der Waals surface area contributed by atoms with Crippen molar-refractivity contribution in [2.24, 2.45) is 12.5 Å². The summed E-state index contributed by atoms with van der Waals surface area (Å²) in [5.74, 6) is 0. The first-order chi connectivity index (χ1) is 7.48. The van der Waals surface area contributed by atoms with E-state index in [1.165, 1.54) is 0 Å². The standard InChI is InChI=1S/C12H16N4/c1-12(2,8-14)9-15-6-10-4-11(5-13)16(3)7-10/h4,7,15H,6,9H2,1-3H3. The van der Waals surface area contributed by atoms with E-state index in [2.05, 4.69) is 17.5 Å². The van der Waals surface area contributed by atoms with Crippen molar-refractivity contribution in [3.05, 3.63) is 23.5 Å². The van der Waals surface area contributed by atoms with E-state index in [1.807, 2.05) is 33.2 Å². The van der Waals surface area contributed by atoms with Crippen LogP contribution in [0.1, 0.15) is 25.1 Å². The average molecular weight is 216 g/mol. The molecule has 0 aliphatic heterocycles. The molecule has 0 saturated carbocycles. The van der Waals surface area contributed by atoms with Crippen molar-refractivity contribution in [2.75, 3.05) is 6.54 Å². The van der Waals surface area contributed by atoms with Crippen LogP contribution in [0.25, 0.3) is 0 Å². The summed E-state index contributed by atoms with van der Waals surface area (Å²) < 4.78 is 1.80. The second kappa shape index (κ2) is 4.83. The zero-order valence-corrected chi connectivity index (χ0v) is 9.91. The van der Waals surface area contributed by atoms with Crippen molar-refractivity contribution in [2.45, 2.75) is 20.4 Å². The summed E-state index contributed by atoms with van der Waals surface area (Å²) in [6.45, 7) is 5.11. The summed E-state index contributed by atoms with van der Waals surface area (Å²) in [5.41, 5.74) is 1.36. The lowest BCUT2D eigenvalue weighted by molar-refractivity contribution is 0.445. The van der Waals surface area contributed by atoms with Crippen LogP contribution >= 0.6 is 0 Å². The zero-order chi connectivity index (χ0) is 12.2. The van der Waals surface area contributed by atoms with E-state index in [-0.39, 0.29) is 5.41 Å². The molecule has 0 aliphatic carbocycles. The number of aryl methyl sites for hydroxylation is 1. The van der Waals surface area contributed by atoms with Gasteiger partial charge in [-0.2, -0.15) is 10.5 Å². The van der Waals surface area contributed by atoms with Gasteiger partial charge in [0.2, 0.25) is 0 Å². The predicted molar refractivity (Wildman–Crippen MR) is 61.2 cm³/mol. The molecule has 0 spiro atoms. The van der Waals surface area contributed by atoms with Gasteiger partial charge in [0, 0.05) is 26.3 Å². The first-order valence-corrected chi connectivity index (χ1v) is 5.16. The number of hydrogen-bond donors (Lipinski definition) is 1. The second-order valence-electron chi connectivity index (χ2n) is 4.56. The molecular formula is C12H16N4. The molecule has 1 N–H and O–H groups in total. The Kier molecular flexibility index (Phi) is 3.71. The van der Waals surface area contributed by atoms with Crippen LogP contribution in [0.15, 0.2) is 12.3 Å². The fourth-order valence-corrected chi connectivity index (χ4v) is 1.40. The Morgan fingerprint density at radius 3 is 2.62 bits per heavy atom. The Bertz CT molecular complexity index is 443. The first kappa shape index (κ1) is 12.3. The van der Waals surface area contributed by atoms with E-state index >= 15 is 0 Å². The van der Waals surface area contributed by atoms with Crippen molar-refractivity contribution in [3.8, 4) is 12.1 Å². The van der Waals surface area contributed by atoms with Crippen LogP contribution < -0.4 is 5.32 Å². The Balaban J connectivity index is 2.51. The van der Waals surface area contributed by atoms with Crippen molar-refractivity contribution >= 4 is 0 Å². The fraction of sp³-hybridized carbons (Fsp3) is 0.500. The fourth-order valence-electron chi connectivity index (χ4n) is 1.40. The minimum Gasteiger partial charge on any atom is -0.342 e.